The van der Waals surface area contributed by atoms with Gasteiger partial charge in [0.2, 0.25) is 0 Å². The van der Waals surface area contributed by atoms with Gasteiger partial charge in [-0.3, -0.25) is 4.79 Å². The smallest absolute Gasteiger partial charge is 0.263 e. The normalized spacial score (nSPS) is 16.9. The second-order valence-corrected chi connectivity index (χ2v) is 6.35. The minimum atomic E-state index is 0.00828. The number of alkyl halides is 1. The minimum absolute atomic E-state index is 0.00828. The molecule has 1 fully saturated rings. The van der Waals surface area contributed by atoms with Crippen molar-refractivity contribution in [3.8, 4) is 0 Å². The van der Waals surface area contributed by atoms with Crippen LogP contribution in [0, 0.1) is 19.3 Å². The lowest BCUT2D eigenvalue weighted by molar-refractivity contribution is 0.0947. The first-order valence-corrected chi connectivity index (χ1v) is 7.20. The molecule has 0 radical (unpaired) electrons. The Morgan fingerprint density at radius 3 is 2.71 bits per heavy atom. The molecule has 0 aromatic carbocycles. The molecule has 1 amide bonds. The summed E-state index contributed by atoms with van der Waals surface area (Å²) in [6.07, 6.45) is 3.36. The molecule has 1 saturated carbocycles. The number of rotatable bonds is 5. The summed E-state index contributed by atoms with van der Waals surface area (Å²) in [4.78, 5) is 17.0. The highest BCUT2D eigenvalue weighted by Gasteiger charge is 2.41. The van der Waals surface area contributed by atoms with Gasteiger partial charge in [-0.05, 0) is 38.5 Å². The number of aromatic nitrogens is 1. The second kappa shape index (κ2) is 4.94. The lowest BCUT2D eigenvalue weighted by Gasteiger charge is -2.13. The van der Waals surface area contributed by atoms with Crippen molar-refractivity contribution >= 4 is 28.8 Å². The van der Waals surface area contributed by atoms with Crippen LogP contribution >= 0.6 is 22.9 Å². The zero-order valence-electron chi connectivity index (χ0n) is 10.2. The van der Waals surface area contributed by atoms with Crippen molar-refractivity contribution < 1.29 is 4.79 Å². The number of carbonyl (C=O) groups is 1. The fourth-order valence-corrected chi connectivity index (χ4v) is 3.22. The minimum Gasteiger partial charge on any atom is -0.351 e. The van der Waals surface area contributed by atoms with Crippen molar-refractivity contribution in [3.05, 3.63) is 15.6 Å². The van der Waals surface area contributed by atoms with Crippen molar-refractivity contribution in [2.45, 2.75) is 33.1 Å². The third kappa shape index (κ3) is 2.99. The summed E-state index contributed by atoms with van der Waals surface area (Å²) >= 11 is 7.22. The van der Waals surface area contributed by atoms with Crippen molar-refractivity contribution in [2.24, 2.45) is 5.41 Å². The number of nitrogens with one attached hydrogen (secondary N) is 1. The van der Waals surface area contributed by atoms with Crippen LogP contribution in [0.4, 0.5) is 0 Å². The Morgan fingerprint density at radius 1 is 1.53 bits per heavy atom. The second-order valence-electron chi connectivity index (χ2n) is 4.77. The van der Waals surface area contributed by atoms with Gasteiger partial charge in [0.1, 0.15) is 4.88 Å². The summed E-state index contributed by atoms with van der Waals surface area (Å²) in [5, 5.41) is 3.95. The Morgan fingerprint density at radius 2 is 2.24 bits per heavy atom. The highest BCUT2D eigenvalue weighted by Crippen LogP contribution is 2.48. The van der Waals surface area contributed by atoms with Gasteiger partial charge in [-0.25, -0.2) is 4.98 Å². The van der Waals surface area contributed by atoms with Crippen LogP contribution in [-0.4, -0.2) is 23.3 Å². The van der Waals surface area contributed by atoms with Gasteiger partial charge in [-0.2, -0.15) is 0 Å². The lowest BCUT2D eigenvalue weighted by atomic mass is 10.0. The van der Waals surface area contributed by atoms with Crippen LogP contribution in [0.3, 0.4) is 0 Å². The van der Waals surface area contributed by atoms with Gasteiger partial charge in [-0.15, -0.1) is 22.9 Å². The summed E-state index contributed by atoms with van der Waals surface area (Å²) in [5.74, 6) is 0.683. The molecule has 0 spiro atoms. The van der Waals surface area contributed by atoms with E-state index in [1.54, 1.807) is 0 Å². The first kappa shape index (κ1) is 12.8. The van der Waals surface area contributed by atoms with Crippen LogP contribution < -0.4 is 5.32 Å². The molecule has 1 aromatic heterocycles. The van der Waals surface area contributed by atoms with E-state index in [4.69, 9.17) is 11.6 Å². The SMILES string of the molecule is Cc1nc(C)c(C(=O)NCC2(CCCl)CC2)s1. The molecule has 1 N–H and O–H groups in total. The standard InChI is InChI=1S/C12H17ClN2OS/c1-8-10(17-9(2)15-8)11(16)14-7-12(3-4-12)5-6-13/h3-7H2,1-2H3,(H,14,16). The Balaban J connectivity index is 1.92. The van der Waals surface area contributed by atoms with E-state index in [-0.39, 0.29) is 11.3 Å². The summed E-state index contributed by atoms with van der Waals surface area (Å²) < 4.78 is 0. The topological polar surface area (TPSA) is 42.0 Å². The van der Waals surface area contributed by atoms with E-state index in [9.17, 15) is 4.79 Å². The fraction of sp³-hybridized carbons (Fsp3) is 0.667. The van der Waals surface area contributed by atoms with E-state index in [2.05, 4.69) is 10.3 Å². The van der Waals surface area contributed by atoms with Crippen molar-refractivity contribution in [1.29, 1.82) is 0 Å². The van der Waals surface area contributed by atoms with Crippen LogP contribution in [0.15, 0.2) is 0 Å². The van der Waals surface area contributed by atoms with E-state index in [0.717, 1.165) is 28.5 Å². The van der Waals surface area contributed by atoms with Crippen LogP contribution in [0.25, 0.3) is 0 Å². The van der Waals surface area contributed by atoms with Crippen molar-refractivity contribution in [2.75, 3.05) is 12.4 Å². The van der Waals surface area contributed by atoms with Crippen molar-refractivity contribution in [3.63, 3.8) is 0 Å². The quantitative estimate of drug-likeness (QED) is 0.838. The predicted octanol–water partition coefficient (Wildman–Crippen LogP) is 2.90. The van der Waals surface area contributed by atoms with Gasteiger partial charge < -0.3 is 5.32 Å². The zero-order chi connectivity index (χ0) is 12.5. The van der Waals surface area contributed by atoms with E-state index in [0.29, 0.717) is 5.88 Å². The summed E-state index contributed by atoms with van der Waals surface area (Å²) in [6.45, 7) is 4.54. The van der Waals surface area contributed by atoms with Gasteiger partial charge in [0.05, 0.1) is 10.7 Å². The zero-order valence-corrected chi connectivity index (χ0v) is 11.7. The highest BCUT2D eigenvalue weighted by atomic mass is 35.5. The maximum Gasteiger partial charge on any atom is 0.263 e. The van der Waals surface area contributed by atoms with Crippen LogP contribution in [0.1, 0.15) is 39.6 Å². The molecule has 1 aliphatic rings. The first-order chi connectivity index (χ1) is 8.06. The molecule has 17 heavy (non-hydrogen) atoms. The van der Waals surface area contributed by atoms with Crippen LogP contribution in [0.5, 0.6) is 0 Å². The van der Waals surface area contributed by atoms with Crippen LogP contribution in [0.2, 0.25) is 0 Å². The number of hydrogen-bond donors (Lipinski definition) is 1. The third-order valence-electron chi connectivity index (χ3n) is 3.32. The number of aryl methyl sites for hydroxylation is 2. The molecule has 0 saturated heterocycles. The van der Waals surface area contributed by atoms with Crippen molar-refractivity contribution in [1.82, 2.24) is 10.3 Å². The number of nitrogens with zero attached hydrogens (tertiary/aromatic N) is 1. The number of carbonyl (C=O) groups excluding carboxylic acids is 1. The molecule has 5 heteroatoms. The molecule has 0 bridgehead atoms. The Bertz CT molecular complexity index is 426. The van der Waals surface area contributed by atoms with Gasteiger partial charge in [0, 0.05) is 12.4 Å². The molecule has 2 rings (SSSR count). The van der Waals surface area contributed by atoms with E-state index in [1.165, 1.54) is 24.2 Å². The third-order valence-corrected chi connectivity index (χ3v) is 4.58. The lowest BCUT2D eigenvalue weighted by Crippen LogP contribution is -2.30. The Kier molecular flexibility index (Phi) is 3.73. The average Bonchev–Trinajstić information content (AvgIpc) is 2.95. The summed E-state index contributed by atoms with van der Waals surface area (Å²) in [7, 11) is 0. The van der Waals surface area contributed by atoms with E-state index >= 15 is 0 Å². The molecule has 0 aliphatic heterocycles. The molecule has 3 nitrogen and oxygen atoms in total. The van der Waals surface area contributed by atoms with E-state index in [1.807, 2.05) is 13.8 Å². The highest BCUT2D eigenvalue weighted by molar-refractivity contribution is 7.13. The number of amides is 1. The number of halogens is 1. The number of thiazole rings is 1. The van der Waals surface area contributed by atoms with Gasteiger partial charge in [-0.1, -0.05) is 0 Å². The molecule has 1 heterocycles. The molecular formula is C12H17ClN2OS. The largest absolute Gasteiger partial charge is 0.351 e. The maximum absolute atomic E-state index is 12.0. The molecule has 0 atom stereocenters. The monoisotopic (exact) mass is 272 g/mol. The summed E-state index contributed by atoms with van der Waals surface area (Å²) in [5.41, 5.74) is 1.11. The number of hydrogen-bond acceptors (Lipinski definition) is 3. The Hall–Kier alpha value is -0.610. The maximum atomic E-state index is 12.0. The predicted molar refractivity (Wildman–Crippen MR) is 70.9 cm³/mol. The molecular weight excluding hydrogens is 256 g/mol. The Labute approximate surface area is 111 Å². The van der Waals surface area contributed by atoms with Gasteiger partial charge in [0.25, 0.3) is 5.91 Å². The molecule has 1 aliphatic carbocycles. The van der Waals surface area contributed by atoms with E-state index < -0.39 is 0 Å². The van der Waals surface area contributed by atoms with Gasteiger partial charge >= 0.3 is 0 Å². The molecule has 1 aromatic rings. The fourth-order valence-electron chi connectivity index (χ4n) is 1.98. The first-order valence-electron chi connectivity index (χ1n) is 5.84. The summed E-state index contributed by atoms with van der Waals surface area (Å²) in [6, 6.07) is 0. The molecule has 0 unspecified atom stereocenters. The molecule has 94 valence electrons. The average molecular weight is 273 g/mol. The van der Waals surface area contributed by atoms with Gasteiger partial charge in [0.15, 0.2) is 0 Å². The van der Waals surface area contributed by atoms with Crippen LogP contribution in [-0.2, 0) is 0 Å².